The third-order valence-corrected chi connectivity index (χ3v) is 7.30. The Bertz CT molecular complexity index is 1150. The van der Waals surface area contributed by atoms with Gasteiger partial charge in [-0.2, -0.15) is 0 Å². The van der Waals surface area contributed by atoms with Crippen molar-refractivity contribution in [3.8, 4) is 17.2 Å². The summed E-state index contributed by atoms with van der Waals surface area (Å²) in [7, 11) is 0. The number of hydrogen-bond donors (Lipinski definition) is 3. The van der Waals surface area contributed by atoms with Gasteiger partial charge in [0.1, 0.15) is 17.2 Å². The first-order valence-electron chi connectivity index (χ1n) is 11.5. The number of aromatic hydroxyl groups is 3. The van der Waals surface area contributed by atoms with Crippen molar-refractivity contribution < 1.29 is 15.3 Å². The van der Waals surface area contributed by atoms with E-state index in [1.54, 1.807) is 36.4 Å². The SMILES string of the molecule is Oc1ccc(C2CCC(c3ccccc3)C(c3ccc(O)cc3)(c3ccc(O)cc3)C2)cc1. The smallest absolute Gasteiger partial charge is 0.115 e. The van der Waals surface area contributed by atoms with E-state index in [2.05, 4.69) is 24.3 Å². The molecule has 1 aliphatic carbocycles. The maximum atomic E-state index is 10.0. The van der Waals surface area contributed by atoms with Crippen LogP contribution in [0.15, 0.2) is 103 Å². The highest BCUT2D eigenvalue weighted by Gasteiger charge is 2.47. The highest BCUT2D eigenvalue weighted by Crippen LogP contribution is 2.57. The molecule has 3 N–H and O–H groups in total. The van der Waals surface area contributed by atoms with Crippen LogP contribution in [0.3, 0.4) is 0 Å². The Labute approximate surface area is 194 Å². The Morgan fingerprint density at radius 2 is 1.00 bits per heavy atom. The largest absolute Gasteiger partial charge is 0.508 e. The molecule has 5 rings (SSSR count). The van der Waals surface area contributed by atoms with E-state index in [1.807, 2.05) is 42.5 Å². The van der Waals surface area contributed by atoms with Gasteiger partial charge >= 0.3 is 0 Å². The van der Waals surface area contributed by atoms with Crippen LogP contribution in [0.2, 0.25) is 0 Å². The predicted molar refractivity (Wildman–Crippen MR) is 131 cm³/mol. The van der Waals surface area contributed by atoms with Crippen LogP contribution in [0.1, 0.15) is 53.4 Å². The summed E-state index contributed by atoms with van der Waals surface area (Å²) in [5.41, 5.74) is 4.49. The van der Waals surface area contributed by atoms with Crippen molar-refractivity contribution in [3.63, 3.8) is 0 Å². The van der Waals surface area contributed by atoms with Gasteiger partial charge in [-0.3, -0.25) is 0 Å². The Balaban J connectivity index is 1.72. The fourth-order valence-electron chi connectivity index (χ4n) is 5.74. The standard InChI is InChI=1S/C30H28O3/c31-26-13-6-21(7-14-26)23-8-19-29(22-4-2-1-3-5-22)30(20-23,24-9-15-27(32)16-10-24)25-11-17-28(33)18-12-25/h1-7,9-18,23,29,31-33H,8,19-20H2. The molecule has 0 aromatic heterocycles. The minimum Gasteiger partial charge on any atom is -0.508 e. The summed E-state index contributed by atoms with van der Waals surface area (Å²) < 4.78 is 0. The molecule has 0 radical (unpaired) electrons. The van der Waals surface area contributed by atoms with Gasteiger partial charge in [-0.1, -0.05) is 66.7 Å². The summed E-state index contributed by atoms with van der Waals surface area (Å²) in [6, 6.07) is 33.5. The molecular formula is C30H28O3. The lowest BCUT2D eigenvalue weighted by Gasteiger charge is -2.49. The molecular weight excluding hydrogens is 408 g/mol. The topological polar surface area (TPSA) is 60.7 Å². The minimum atomic E-state index is -0.344. The molecule has 0 spiro atoms. The van der Waals surface area contributed by atoms with Crippen LogP contribution >= 0.6 is 0 Å². The van der Waals surface area contributed by atoms with E-state index in [4.69, 9.17) is 0 Å². The Hall–Kier alpha value is -3.72. The molecule has 33 heavy (non-hydrogen) atoms. The molecule has 2 unspecified atom stereocenters. The quantitative estimate of drug-likeness (QED) is 0.328. The van der Waals surface area contributed by atoms with Crippen LogP contribution in [-0.4, -0.2) is 15.3 Å². The molecule has 2 atom stereocenters. The van der Waals surface area contributed by atoms with Crippen molar-refractivity contribution in [1.82, 2.24) is 0 Å². The molecule has 0 aliphatic heterocycles. The zero-order valence-electron chi connectivity index (χ0n) is 18.4. The van der Waals surface area contributed by atoms with Crippen molar-refractivity contribution in [2.45, 2.75) is 36.5 Å². The highest BCUT2D eigenvalue weighted by molar-refractivity contribution is 5.49. The number of phenolic OH excluding ortho intramolecular Hbond substituents is 3. The lowest BCUT2D eigenvalue weighted by atomic mass is 9.54. The second kappa shape index (κ2) is 8.67. The molecule has 4 aromatic carbocycles. The molecule has 3 heteroatoms. The van der Waals surface area contributed by atoms with Crippen LogP contribution in [0.25, 0.3) is 0 Å². The number of benzene rings is 4. The van der Waals surface area contributed by atoms with Gasteiger partial charge in [0.05, 0.1) is 0 Å². The van der Waals surface area contributed by atoms with Crippen molar-refractivity contribution in [2.24, 2.45) is 0 Å². The fraction of sp³-hybridized carbons (Fsp3) is 0.200. The lowest BCUT2D eigenvalue weighted by molar-refractivity contribution is 0.265. The van der Waals surface area contributed by atoms with Crippen molar-refractivity contribution >= 4 is 0 Å². The van der Waals surface area contributed by atoms with Crippen LogP contribution in [0.5, 0.6) is 17.2 Å². The van der Waals surface area contributed by atoms with Crippen LogP contribution < -0.4 is 0 Å². The summed E-state index contributed by atoms with van der Waals surface area (Å²) in [5.74, 6) is 1.33. The van der Waals surface area contributed by atoms with E-state index >= 15 is 0 Å². The molecule has 1 fully saturated rings. The van der Waals surface area contributed by atoms with E-state index < -0.39 is 0 Å². The first-order chi connectivity index (χ1) is 16.1. The van der Waals surface area contributed by atoms with Gasteiger partial charge in [0.2, 0.25) is 0 Å². The highest BCUT2D eigenvalue weighted by atomic mass is 16.3. The minimum absolute atomic E-state index is 0.237. The third-order valence-electron chi connectivity index (χ3n) is 7.30. The van der Waals surface area contributed by atoms with E-state index in [1.165, 1.54) is 11.1 Å². The third kappa shape index (κ3) is 3.95. The van der Waals surface area contributed by atoms with Gasteiger partial charge in [-0.05, 0) is 89.8 Å². The monoisotopic (exact) mass is 436 g/mol. The molecule has 1 saturated carbocycles. The molecule has 1 aliphatic rings. The molecule has 166 valence electrons. The maximum absolute atomic E-state index is 10.0. The van der Waals surface area contributed by atoms with Gasteiger partial charge in [0.25, 0.3) is 0 Å². The summed E-state index contributed by atoms with van der Waals surface area (Å²) in [5, 5.41) is 29.9. The van der Waals surface area contributed by atoms with Gasteiger partial charge in [-0.15, -0.1) is 0 Å². The first-order valence-corrected chi connectivity index (χ1v) is 11.5. The van der Waals surface area contributed by atoms with Crippen molar-refractivity contribution in [3.05, 3.63) is 125 Å². The average molecular weight is 437 g/mol. The number of phenols is 3. The average Bonchev–Trinajstić information content (AvgIpc) is 2.85. The van der Waals surface area contributed by atoms with E-state index in [0.717, 1.165) is 30.4 Å². The second-order valence-electron chi connectivity index (χ2n) is 9.10. The zero-order valence-corrected chi connectivity index (χ0v) is 18.4. The summed E-state index contributed by atoms with van der Waals surface area (Å²) in [4.78, 5) is 0. The van der Waals surface area contributed by atoms with Crippen LogP contribution in [-0.2, 0) is 5.41 Å². The van der Waals surface area contributed by atoms with Gasteiger partial charge < -0.3 is 15.3 Å². The molecule has 0 amide bonds. The summed E-state index contributed by atoms with van der Waals surface area (Å²) in [6.45, 7) is 0. The number of rotatable bonds is 4. The molecule has 4 aromatic rings. The first kappa shape index (κ1) is 21.1. The molecule has 0 saturated heterocycles. The molecule has 0 bridgehead atoms. The van der Waals surface area contributed by atoms with Gasteiger partial charge in [0, 0.05) is 5.41 Å². The Kier molecular flexibility index (Phi) is 5.55. The van der Waals surface area contributed by atoms with Crippen molar-refractivity contribution in [2.75, 3.05) is 0 Å². The van der Waals surface area contributed by atoms with Gasteiger partial charge in [-0.25, -0.2) is 0 Å². The normalized spacial score (nSPS) is 19.8. The van der Waals surface area contributed by atoms with E-state index in [9.17, 15) is 15.3 Å². The van der Waals surface area contributed by atoms with E-state index in [0.29, 0.717) is 5.92 Å². The zero-order chi connectivity index (χ0) is 22.8. The Morgan fingerprint density at radius 1 is 0.515 bits per heavy atom. The summed E-state index contributed by atoms with van der Waals surface area (Å²) in [6.07, 6.45) is 2.92. The summed E-state index contributed by atoms with van der Waals surface area (Å²) >= 11 is 0. The Morgan fingerprint density at radius 3 is 1.52 bits per heavy atom. The second-order valence-corrected chi connectivity index (χ2v) is 9.10. The fourth-order valence-corrected chi connectivity index (χ4v) is 5.74. The van der Waals surface area contributed by atoms with Gasteiger partial charge in [0.15, 0.2) is 0 Å². The van der Waals surface area contributed by atoms with Crippen LogP contribution in [0.4, 0.5) is 0 Å². The van der Waals surface area contributed by atoms with Crippen LogP contribution in [0, 0.1) is 0 Å². The molecule has 3 nitrogen and oxygen atoms in total. The van der Waals surface area contributed by atoms with E-state index in [-0.39, 0.29) is 28.6 Å². The molecule has 0 heterocycles. The predicted octanol–water partition coefficient (Wildman–Crippen LogP) is 6.84. The van der Waals surface area contributed by atoms with Crippen molar-refractivity contribution in [1.29, 1.82) is 0 Å². The number of hydrogen-bond acceptors (Lipinski definition) is 3. The maximum Gasteiger partial charge on any atom is 0.115 e. The lowest BCUT2D eigenvalue weighted by Crippen LogP contribution is -2.40.